The molecule has 3 rings (SSSR count). The van der Waals surface area contributed by atoms with Gasteiger partial charge >= 0.3 is 0 Å². The SMILES string of the molecule is COc1ccc(NC(=NC[C@H]2CCCO2)NC(=O)c2ccc(F)cc2)cc1. The monoisotopic (exact) mass is 371 g/mol. The van der Waals surface area contributed by atoms with Crippen LogP contribution in [-0.2, 0) is 4.74 Å². The number of benzene rings is 2. The van der Waals surface area contributed by atoms with Crippen LogP contribution < -0.4 is 15.4 Å². The summed E-state index contributed by atoms with van der Waals surface area (Å²) in [6.45, 7) is 1.19. The predicted octanol–water partition coefficient (Wildman–Crippen LogP) is 3.21. The number of methoxy groups -OCH3 is 1. The lowest BCUT2D eigenvalue weighted by Gasteiger charge is -2.13. The molecule has 0 unspecified atom stereocenters. The van der Waals surface area contributed by atoms with E-state index in [-0.39, 0.29) is 12.0 Å². The first-order valence-electron chi connectivity index (χ1n) is 8.78. The summed E-state index contributed by atoms with van der Waals surface area (Å²) in [4.78, 5) is 16.9. The molecule has 0 saturated carbocycles. The van der Waals surface area contributed by atoms with Crippen LogP contribution in [0.2, 0.25) is 0 Å². The molecule has 2 aromatic carbocycles. The molecule has 0 bridgehead atoms. The lowest BCUT2D eigenvalue weighted by molar-refractivity contribution is 0.0975. The number of nitrogens with one attached hydrogen (secondary N) is 2. The van der Waals surface area contributed by atoms with E-state index in [9.17, 15) is 9.18 Å². The number of aliphatic imine (C=N–C) groups is 1. The number of guanidine groups is 1. The zero-order valence-electron chi connectivity index (χ0n) is 15.1. The van der Waals surface area contributed by atoms with Crippen LogP contribution in [0.15, 0.2) is 53.5 Å². The maximum Gasteiger partial charge on any atom is 0.257 e. The fraction of sp³-hybridized carbons (Fsp3) is 0.300. The van der Waals surface area contributed by atoms with E-state index < -0.39 is 5.82 Å². The fourth-order valence-corrected chi connectivity index (χ4v) is 2.68. The summed E-state index contributed by atoms with van der Waals surface area (Å²) in [6.07, 6.45) is 2.02. The summed E-state index contributed by atoms with van der Waals surface area (Å²) < 4.78 is 23.8. The standard InChI is InChI=1S/C20H22FN3O3/c1-26-17-10-8-16(9-11-17)23-20(22-13-18-3-2-12-27-18)24-19(25)14-4-6-15(21)7-5-14/h4-11,18H,2-3,12-13H2,1H3,(H2,22,23,24,25)/t18-/m1/s1. The number of rotatable bonds is 5. The molecule has 7 heteroatoms. The fourth-order valence-electron chi connectivity index (χ4n) is 2.68. The van der Waals surface area contributed by atoms with E-state index in [4.69, 9.17) is 9.47 Å². The maximum absolute atomic E-state index is 13.1. The van der Waals surface area contributed by atoms with Gasteiger partial charge in [-0.2, -0.15) is 0 Å². The molecule has 0 aliphatic carbocycles. The first-order valence-corrected chi connectivity index (χ1v) is 8.78. The zero-order valence-corrected chi connectivity index (χ0v) is 15.1. The molecule has 142 valence electrons. The average Bonchev–Trinajstić information content (AvgIpc) is 3.21. The second kappa shape index (κ2) is 9.14. The van der Waals surface area contributed by atoms with Crippen LogP contribution >= 0.6 is 0 Å². The number of hydrogen-bond donors (Lipinski definition) is 2. The van der Waals surface area contributed by atoms with Gasteiger partial charge in [-0.3, -0.25) is 10.1 Å². The molecular weight excluding hydrogens is 349 g/mol. The molecule has 0 spiro atoms. The van der Waals surface area contributed by atoms with Gasteiger partial charge in [0.2, 0.25) is 5.96 Å². The first kappa shape index (κ1) is 18.8. The van der Waals surface area contributed by atoms with Crippen LogP contribution in [0.4, 0.5) is 10.1 Å². The second-order valence-corrected chi connectivity index (χ2v) is 6.14. The Morgan fingerprint density at radius 3 is 2.59 bits per heavy atom. The minimum Gasteiger partial charge on any atom is -0.497 e. The zero-order chi connectivity index (χ0) is 19.1. The minimum atomic E-state index is -0.393. The van der Waals surface area contributed by atoms with Gasteiger partial charge < -0.3 is 14.8 Å². The molecule has 0 aromatic heterocycles. The van der Waals surface area contributed by atoms with Gasteiger partial charge in [0.1, 0.15) is 11.6 Å². The third-order valence-electron chi connectivity index (χ3n) is 4.17. The van der Waals surface area contributed by atoms with Crippen molar-refractivity contribution in [2.75, 3.05) is 25.6 Å². The van der Waals surface area contributed by atoms with Gasteiger partial charge in [0, 0.05) is 17.9 Å². The second-order valence-electron chi connectivity index (χ2n) is 6.14. The number of nitrogens with zero attached hydrogens (tertiary/aromatic N) is 1. The molecule has 1 aliphatic rings. The predicted molar refractivity (Wildman–Crippen MR) is 102 cm³/mol. The molecule has 2 aromatic rings. The topological polar surface area (TPSA) is 71.9 Å². The van der Waals surface area contributed by atoms with Crippen molar-refractivity contribution in [3.63, 3.8) is 0 Å². The van der Waals surface area contributed by atoms with E-state index >= 15 is 0 Å². The van der Waals surface area contributed by atoms with Crippen molar-refractivity contribution < 1.29 is 18.7 Å². The Morgan fingerprint density at radius 2 is 1.96 bits per heavy atom. The highest BCUT2D eigenvalue weighted by Crippen LogP contribution is 2.16. The summed E-state index contributed by atoms with van der Waals surface area (Å²) in [6, 6.07) is 12.6. The molecule has 2 N–H and O–H groups in total. The Bertz CT molecular complexity index is 785. The molecule has 1 fully saturated rings. The molecule has 6 nitrogen and oxygen atoms in total. The van der Waals surface area contributed by atoms with Crippen LogP contribution in [0.1, 0.15) is 23.2 Å². The lowest BCUT2D eigenvalue weighted by atomic mass is 10.2. The first-order chi connectivity index (χ1) is 13.1. The Labute approximate surface area is 157 Å². The van der Waals surface area contributed by atoms with Crippen molar-refractivity contribution >= 4 is 17.6 Å². The number of hydrogen-bond acceptors (Lipinski definition) is 4. The Hall–Kier alpha value is -2.93. The third kappa shape index (κ3) is 5.52. The number of halogens is 1. The molecule has 1 heterocycles. The summed E-state index contributed by atoms with van der Waals surface area (Å²) in [5, 5.41) is 5.84. The van der Waals surface area contributed by atoms with Crippen LogP contribution in [0.5, 0.6) is 5.75 Å². The van der Waals surface area contributed by atoms with Crippen molar-refractivity contribution in [2.45, 2.75) is 18.9 Å². The Balaban J connectivity index is 1.72. The quantitative estimate of drug-likeness (QED) is 0.625. The highest BCUT2D eigenvalue weighted by atomic mass is 19.1. The molecule has 27 heavy (non-hydrogen) atoms. The molecule has 1 amide bonds. The van der Waals surface area contributed by atoms with Gasteiger partial charge in [0.25, 0.3) is 5.91 Å². The number of carbonyl (C=O) groups excluding carboxylic acids is 1. The normalized spacial score (nSPS) is 16.8. The van der Waals surface area contributed by atoms with Crippen LogP contribution in [-0.4, -0.2) is 38.2 Å². The van der Waals surface area contributed by atoms with E-state index in [1.165, 1.54) is 24.3 Å². The largest absolute Gasteiger partial charge is 0.497 e. The van der Waals surface area contributed by atoms with Gasteiger partial charge in [0.05, 0.1) is 19.8 Å². The van der Waals surface area contributed by atoms with Gasteiger partial charge in [-0.1, -0.05) is 0 Å². The van der Waals surface area contributed by atoms with Crippen molar-refractivity contribution in [1.82, 2.24) is 5.32 Å². The lowest BCUT2D eigenvalue weighted by Crippen LogP contribution is -2.36. The van der Waals surface area contributed by atoms with Crippen molar-refractivity contribution in [3.05, 3.63) is 59.9 Å². The Morgan fingerprint density at radius 1 is 1.22 bits per heavy atom. The average molecular weight is 371 g/mol. The minimum absolute atomic E-state index is 0.0559. The van der Waals surface area contributed by atoms with Crippen LogP contribution in [0, 0.1) is 5.82 Å². The van der Waals surface area contributed by atoms with Gasteiger partial charge in [0.15, 0.2) is 0 Å². The number of amides is 1. The van der Waals surface area contributed by atoms with Crippen molar-refractivity contribution in [2.24, 2.45) is 4.99 Å². The highest BCUT2D eigenvalue weighted by molar-refractivity contribution is 6.09. The smallest absolute Gasteiger partial charge is 0.257 e. The molecule has 1 saturated heterocycles. The number of anilines is 1. The van der Waals surface area contributed by atoms with Gasteiger partial charge in [-0.15, -0.1) is 0 Å². The van der Waals surface area contributed by atoms with Crippen molar-refractivity contribution in [3.8, 4) is 5.75 Å². The van der Waals surface area contributed by atoms with Gasteiger partial charge in [-0.25, -0.2) is 9.38 Å². The highest BCUT2D eigenvalue weighted by Gasteiger charge is 2.16. The number of carbonyl (C=O) groups is 1. The van der Waals surface area contributed by atoms with E-state index in [0.29, 0.717) is 18.1 Å². The third-order valence-corrected chi connectivity index (χ3v) is 4.17. The molecule has 1 aliphatic heterocycles. The summed E-state index contributed by atoms with van der Waals surface area (Å²) in [7, 11) is 1.60. The summed E-state index contributed by atoms with van der Waals surface area (Å²) >= 11 is 0. The maximum atomic E-state index is 13.1. The van der Waals surface area contributed by atoms with Gasteiger partial charge in [-0.05, 0) is 61.4 Å². The van der Waals surface area contributed by atoms with E-state index in [1.54, 1.807) is 7.11 Å². The summed E-state index contributed by atoms with van der Waals surface area (Å²) in [5.41, 5.74) is 1.10. The van der Waals surface area contributed by atoms with E-state index in [1.807, 2.05) is 24.3 Å². The Kier molecular flexibility index (Phi) is 6.38. The van der Waals surface area contributed by atoms with Crippen molar-refractivity contribution in [1.29, 1.82) is 0 Å². The summed E-state index contributed by atoms with van der Waals surface area (Å²) in [5.74, 6) is 0.274. The molecule has 1 atom stereocenters. The molecular formula is C20H22FN3O3. The van der Waals surface area contributed by atoms with Crippen LogP contribution in [0.3, 0.4) is 0 Å². The van der Waals surface area contributed by atoms with E-state index in [0.717, 1.165) is 30.9 Å². The van der Waals surface area contributed by atoms with E-state index in [2.05, 4.69) is 15.6 Å². The molecule has 0 radical (unpaired) electrons. The van der Waals surface area contributed by atoms with Crippen LogP contribution in [0.25, 0.3) is 0 Å². The number of ether oxygens (including phenoxy) is 2.